The van der Waals surface area contributed by atoms with Gasteiger partial charge in [0, 0.05) is 17.5 Å². The number of aromatic nitrogens is 1. The topological polar surface area (TPSA) is 56.6 Å². The molecule has 0 amide bonds. The highest BCUT2D eigenvalue weighted by molar-refractivity contribution is 6.17. The maximum atomic E-state index is 12.6. The summed E-state index contributed by atoms with van der Waals surface area (Å²) < 4.78 is 25.1. The van der Waals surface area contributed by atoms with E-state index in [0.717, 1.165) is 0 Å². The molecule has 0 spiro atoms. The molecule has 1 N–H and O–H groups in total. The van der Waals surface area contributed by atoms with E-state index in [1.807, 2.05) is 0 Å². The highest BCUT2D eigenvalue weighted by Crippen LogP contribution is 2.19. The Morgan fingerprint density at radius 2 is 2.27 bits per heavy atom. The van der Waals surface area contributed by atoms with E-state index in [2.05, 4.69) is 4.98 Å². The molecule has 6 heteroatoms. The SMILES string of the molecule is N#CCc1[nH]cc(CCl)c(=O)c1C(F)F. The molecule has 15 heavy (non-hydrogen) atoms. The highest BCUT2D eigenvalue weighted by atomic mass is 35.5. The van der Waals surface area contributed by atoms with Crippen LogP contribution in [0.2, 0.25) is 0 Å². The second-order valence-electron chi connectivity index (χ2n) is 2.80. The highest BCUT2D eigenvalue weighted by Gasteiger charge is 2.19. The second-order valence-corrected chi connectivity index (χ2v) is 3.07. The molecule has 0 bridgehead atoms. The van der Waals surface area contributed by atoms with Gasteiger partial charge in [0.15, 0.2) is 5.43 Å². The number of hydrogen-bond donors (Lipinski definition) is 1. The lowest BCUT2D eigenvalue weighted by Gasteiger charge is -2.06. The van der Waals surface area contributed by atoms with E-state index in [0.29, 0.717) is 0 Å². The zero-order valence-electron chi connectivity index (χ0n) is 7.56. The molecule has 0 atom stereocenters. The first-order valence-corrected chi connectivity index (χ1v) is 4.59. The van der Waals surface area contributed by atoms with E-state index >= 15 is 0 Å². The van der Waals surface area contributed by atoms with Gasteiger partial charge in [0.05, 0.1) is 23.9 Å². The minimum Gasteiger partial charge on any atom is -0.363 e. The van der Waals surface area contributed by atoms with Gasteiger partial charge in [-0.3, -0.25) is 4.79 Å². The maximum Gasteiger partial charge on any atom is 0.269 e. The maximum absolute atomic E-state index is 12.6. The standard InChI is InChI=1S/C9H7ClF2N2O/c10-3-5-4-14-6(1-2-13)7(8(5)15)9(11)12/h4,9H,1,3H2,(H,14,15). The summed E-state index contributed by atoms with van der Waals surface area (Å²) in [5.41, 5.74) is -1.42. The molecule has 1 aromatic rings. The Bertz CT molecular complexity index is 450. The van der Waals surface area contributed by atoms with E-state index in [1.54, 1.807) is 6.07 Å². The van der Waals surface area contributed by atoms with Crippen LogP contribution in [0.25, 0.3) is 0 Å². The van der Waals surface area contributed by atoms with Gasteiger partial charge >= 0.3 is 0 Å². The molecule has 0 aromatic carbocycles. The van der Waals surface area contributed by atoms with E-state index in [-0.39, 0.29) is 23.6 Å². The van der Waals surface area contributed by atoms with Gasteiger partial charge in [-0.2, -0.15) is 5.26 Å². The Hall–Kier alpha value is -1.41. The Morgan fingerprint density at radius 1 is 1.60 bits per heavy atom. The van der Waals surface area contributed by atoms with Gasteiger partial charge in [0.1, 0.15) is 0 Å². The van der Waals surface area contributed by atoms with Crippen molar-refractivity contribution >= 4 is 11.6 Å². The Morgan fingerprint density at radius 3 is 2.73 bits per heavy atom. The Labute approximate surface area is 89.3 Å². The third-order valence-corrected chi connectivity index (χ3v) is 2.19. The van der Waals surface area contributed by atoms with Gasteiger partial charge in [-0.15, -0.1) is 11.6 Å². The quantitative estimate of drug-likeness (QED) is 0.812. The molecule has 0 aliphatic carbocycles. The summed E-state index contributed by atoms with van der Waals surface area (Å²) in [6.45, 7) is 0. The summed E-state index contributed by atoms with van der Waals surface area (Å²) in [7, 11) is 0. The van der Waals surface area contributed by atoms with E-state index in [1.165, 1.54) is 6.20 Å². The molecule has 1 rings (SSSR count). The molecule has 0 saturated heterocycles. The number of nitriles is 1. The van der Waals surface area contributed by atoms with Gasteiger partial charge in [-0.25, -0.2) is 8.78 Å². The summed E-state index contributed by atoms with van der Waals surface area (Å²) >= 11 is 5.41. The minimum absolute atomic E-state index is 0.0497. The van der Waals surface area contributed by atoms with E-state index in [4.69, 9.17) is 16.9 Å². The van der Waals surface area contributed by atoms with Crippen molar-refractivity contribution in [3.63, 3.8) is 0 Å². The smallest absolute Gasteiger partial charge is 0.269 e. The molecule has 0 radical (unpaired) electrons. The summed E-state index contributed by atoms with van der Waals surface area (Å²) in [5, 5.41) is 8.40. The Kier molecular flexibility index (Phi) is 3.81. The molecule has 3 nitrogen and oxygen atoms in total. The number of H-pyrrole nitrogens is 1. The third kappa shape index (κ3) is 2.34. The van der Waals surface area contributed by atoms with E-state index < -0.39 is 17.4 Å². The zero-order chi connectivity index (χ0) is 11.4. The summed E-state index contributed by atoms with van der Waals surface area (Å²) in [6, 6.07) is 1.71. The van der Waals surface area contributed by atoms with Crippen molar-refractivity contribution in [3.8, 4) is 6.07 Å². The van der Waals surface area contributed by atoms with Crippen LogP contribution < -0.4 is 5.43 Å². The normalized spacial score (nSPS) is 10.3. The number of nitrogens with one attached hydrogen (secondary N) is 1. The predicted molar refractivity (Wildman–Crippen MR) is 50.9 cm³/mol. The lowest BCUT2D eigenvalue weighted by atomic mass is 10.1. The fourth-order valence-corrected chi connectivity index (χ4v) is 1.38. The number of nitrogens with zero attached hydrogens (tertiary/aromatic N) is 1. The largest absolute Gasteiger partial charge is 0.363 e. The van der Waals surface area contributed by atoms with Crippen LogP contribution in [0.15, 0.2) is 11.0 Å². The number of aromatic amines is 1. The number of pyridine rings is 1. The average Bonchev–Trinajstić information content (AvgIpc) is 2.18. The number of alkyl halides is 3. The van der Waals surface area contributed by atoms with Crippen LogP contribution in [-0.4, -0.2) is 4.98 Å². The molecule has 0 saturated carbocycles. The van der Waals surface area contributed by atoms with Crippen LogP contribution in [0.1, 0.15) is 23.2 Å². The lowest BCUT2D eigenvalue weighted by molar-refractivity contribution is 0.148. The first-order valence-electron chi connectivity index (χ1n) is 4.06. The fraction of sp³-hybridized carbons (Fsp3) is 0.333. The van der Waals surface area contributed by atoms with Gasteiger partial charge in [-0.1, -0.05) is 0 Å². The van der Waals surface area contributed by atoms with Crippen LogP contribution in [0.5, 0.6) is 0 Å². The average molecular weight is 233 g/mol. The molecule has 1 heterocycles. The predicted octanol–water partition coefficient (Wildman–Crippen LogP) is 2.12. The molecule has 80 valence electrons. The van der Waals surface area contributed by atoms with Crippen molar-refractivity contribution in [2.24, 2.45) is 0 Å². The van der Waals surface area contributed by atoms with Crippen LogP contribution in [0, 0.1) is 11.3 Å². The van der Waals surface area contributed by atoms with Crippen molar-refractivity contribution in [2.45, 2.75) is 18.7 Å². The molecule has 0 fully saturated rings. The monoisotopic (exact) mass is 232 g/mol. The van der Waals surface area contributed by atoms with Crippen molar-refractivity contribution in [2.75, 3.05) is 0 Å². The summed E-state index contributed by atoms with van der Waals surface area (Å²) in [6.07, 6.45) is -1.90. The Balaban J connectivity index is 3.39. The van der Waals surface area contributed by atoms with Crippen LogP contribution >= 0.6 is 11.6 Å². The molecule has 0 unspecified atom stereocenters. The fourth-order valence-electron chi connectivity index (χ4n) is 1.18. The van der Waals surface area contributed by atoms with Gasteiger partial charge in [0.25, 0.3) is 6.43 Å². The lowest BCUT2D eigenvalue weighted by Crippen LogP contribution is -2.18. The second kappa shape index (κ2) is 4.89. The minimum atomic E-state index is -2.90. The van der Waals surface area contributed by atoms with Gasteiger partial charge in [-0.05, 0) is 0 Å². The number of halogens is 3. The first-order chi connectivity index (χ1) is 7.11. The van der Waals surface area contributed by atoms with Crippen molar-refractivity contribution in [1.29, 1.82) is 5.26 Å². The van der Waals surface area contributed by atoms with Gasteiger partial charge < -0.3 is 4.98 Å². The summed E-state index contributed by atoms with van der Waals surface area (Å²) in [5.74, 6) is -0.137. The van der Waals surface area contributed by atoms with Crippen LogP contribution in [0.3, 0.4) is 0 Å². The van der Waals surface area contributed by atoms with Crippen LogP contribution in [-0.2, 0) is 12.3 Å². The molecule has 1 aromatic heterocycles. The zero-order valence-corrected chi connectivity index (χ0v) is 8.31. The van der Waals surface area contributed by atoms with Crippen molar-refractivity contribution in [1.82, 2.24) is 4.98 Å². The third-order valence-electron chi connectivity index (χ3n) is 1.90. The molecule has 0 aliphatic rings. The van der Waals surface area contributed by atoms with E-state index in [9.17, 15) is 13.6 Å². The first kappa shape index (κ1) is 11.7. The summed E-state index contributed by atoms with van der Waals surface area (Å²) in [4.78, 5) is 13.9. The van der Waals surface area contributed by atoms with Crippen molar-refractivity contribution < 1.29 is 8.78 Å². The molecular weight excluding hydrogens is 226 g/mol. The van der Waals surface area contributed by atoms with Crippen molar-refractivity contribution in [3.05, 3.63) is 33.2 Å². The number of hydrogen-bond acceptors (Lipinski definition) is 2. The van der Waals surface area contributed by atoms with Gasteiger partial charge in [0.2, 0.25) is 0 Å². The van der Waals surface area contributed by atoms with Crippen LogP contribution in [0.4, 0.5) is 8.78 Å². The molecular formula is C9H7ClF2N2O. The molecule has 0 aliphatic heterocycles. The number of rotatable bonds is 3.